The smallest absolute Gasteiger partial charge is 0.229 e. The lowest BCUT2D eigenvalue weighted by molar-refractivity contribution is -0.118. The molecular weight excluding hydrogens is 478 g/mol. The molecule has 0 saturated carbocycles. The van der Waals surface area contributed by atoms with Gasteiger partial charge in [0.2, 0.25) is 5.91 Å². The van der Waals surface area contributed by atoms with Crippen LogP contribution in [-0.2, 0) is 21.1 Å². The van der Waals surface area contributed by atoms with E-state index in [1.807, 2.05) is 12.1 Å². The van der Waals surface area contributed by atoms with Gasteiger partial charge < -0.3 is 4.90 Å². The van der Waals surface area contributed by atoms with Crippen molar-refractivity contribution >= 4 is 54.0 Å². The molecule has 33 heavy (non-hydrogen) atoms. The lowest BCUT2D eigenvalue weighted by Crippen LogP contribution is -2.39. The molecule has 3 aromatic rings. The number of carbonyl (C=O) groups excluding carboxylic acids is 1. The summed E-state index contributed by atoms with van der Waals surface area (Å²) in [5.41, 5.74) is 2.06. The number of rotatable bonds is 11. The lowest BCUT2D eigenvalue weighted by Gasteiger charge is -2.24. The van der Waals surface area contributed by atoms with Crippen LogP contribution in [0.15, 0.2) is 47.4 Å². The van der Waals surface area contributed by atoms with Crippen molar-refractivity contribution in [2.75, 3.05) is 36.8 Å². The first-order valence-electron chi connectivity index (χ1n) is 11.2. The number of amides is 1. The van der Waals surface area contributed by atoms with Gasteiger partial charge in [-0.25, -0.2) is 13.4 Å². The topological polar surface area (TPSA) is 70.6 Å². The molecule has 0 saturated heterocycles. The molecule has 0 unspecified atom stereocenters. The van der Waals surface area contributed by atoms with Crippen LogP contribution in [0.25, 0.3) is 10.2 Å². The highest BCUT2D eigenvalue weighted by Crippen LogP contribution is 2.30. The molecule has 1 amide bonds. The predicted octanol–water partition coefficient (Wildman–Crippen LogP) is 5.05. The quantitative estimate of drug-likeness (QED) is 0.363. The first-order chi connectivity index (χ1) is 15.8. The van der Waals surface area contributed by atoms with Crippen LogP contribution in [-0.4, -0.2) is 56.1 Å². The Morgan fingerprint density at radius 3 is 2.36 bits per heavy atom. The van der Waals surface area contributed by atoms with E-state index < -0.39 is 9.84 Å². The maximum absolute atomic E-state index is 13.3. The third-order valence-corrected chi connectivity index (χ3v) is 8.70. The molecule has 3 rings (SSSR count). The summed E-state index contributed by atoms with van der Waals surface area (Å²) in [6.07, 6.45) is 0.815. The van der Waals surface area contributed by atoms with Crippen LogP contribution in [0.3, 0.4) is 0 Å². The number of thiazole rings is 1. The highest BCUT2D eigenvalue weighted by molar-refractivity contribution is 7.91. The zero-order chi connectivity index (χ0) is 24.0. The SMILES string of the molecule is CCc1ccc2nc(N(CCN(CC)CC)C(=O)CCS(=O)(=O)c3ccc(Cl)cc3)sc2c1. The molecule has 6 nitrogen and oxygen atoms in total. The van der Waals surface area contributed by atoms with Crippen molar-refractivity contribution in [2.45, 2.75) is 38.5 Å². The van der Waals surface area contributed by atoms with E-state index in [4.69, 9.17) is 16.6 Å². The van der Waals surface area contributed by atoms with Gasteiger partial charge in [-0.2, -0.15) is 0 Å². The summed E-state index contributed by atoms with van der Waals surface area (Å²) < 4.78 is 26.5. The van der Waals surface area contributed by atoms with Gasteiger partial charge in [0.15, 0.2) is 15.0 Å². The van der Waals surface area contributed by atoms with Gasteiger partial charge in [0.25, 0.3) is 0 Å². The second-order valence-electron chi connectivity index (χ2n) is 7.75. The molecule has 178 valence electrons. The summed E-state index contributed by atoms with van der Waals surface area (Å²) in [5.74, 6) is -0.505. The number of fused-ring (bicyclic) bond motifs is 1. The van der Waals surface area contributed by atoms with Crippen LogP contribution in [0.4, 0.5) is 5.13 Å². The second-order valence-corrected chi connectivity index (χ2v) is 11.3. The molecule has 9 heteroatoms. The molecule has 0 N–H and O–H groups in total. The number of benzene rings is 2. The standard InChI is InChI=1S/C24H30ClN3O3S2/c1-4-18-7-12-21-22(17-18)32-24(26-21)28(15-14-27(5-2)6-3)23(29)13-16-33(30,31)20-10-8-19(25)9-11-20/h7-12,17H,4-6,13-16H2,1-3H3. The highest BCUT2D eigenvalue weighted by Gasteiger charge is 2.23. The lowest BCUT2D eigenvalue weighted by atomic mass is 10.2. The van der Waals surface area contributed by atoms with Crippen molar-refractivity contribution in [3.8, 4) is 0 Å². The van der Waals surface area contributed by atoms with Crippen molar-refractivity contribution in [2.24, 2.45) is 0 Å². The molecule has 0 aliphatic heterocycles. The monoisotopic (exact) mass is 507 g/mol. The maximum Gasteiger partial charge on any atom is 0.229 e. The van der Waals surface area contributed by atoms with Crippen molar-refractivity contribution < 1.29 is 13.2 Å². The van der Waals surface area contributed by atoms with Crippen LogP contribution in [0, 0.1) is 0 Å². The molecule has 0 spiro atoms. The van der Waals surface area contributed by atoms with Crippen molar-refractivity contribution in [3.63, 3.8) is 0 Å². The van der Waals surface area contributed by atoms with E-state index in [9.17, 15) is 13.2 Å². The van der Waals surface area contributed by atoms with Gasteiger partial charge in [0.1, 0.15) is 0 Å². The predicted molar refractivity (Wildman–Crippen MR) is 137 cm³/mol. The van der Waals surface area contributed by atoms with Crippen molar-refractivity contribution in [3.05, 3.63) is 53.1 Å². The molecule has 0 radical (unpaired) electrons. The number of sulfone groups is 1. The summed E-state index contributed by atoms with van der Waals surface area (Å²) in [5, 5.41) is 1.08. The van der Waals surface area contributed by atoms with Gasteiger partial charge >= 0.3 is 0 Å². The fourth-order valence-corrected chi connectivity index (χ4v) is 5.95. The summed E-state index contributed by atoms with van der Waals surface area (Å²) in [6, 6.07) is 12.2. The number of nitrogens with zero attached hydrogens (tertiary/aromatic N) is 3. The number of hydrogen-bond acceptors (Lipinski definition) is 6. The fraction of sp³-hybridized carbons (Fsp3) is 0.417. The zero-order valence-corrected chi connectivity index (χ0v) is 21.6. The number of likely N-dealkylation sites (N-methyl/N-ethyl adjacent to an activating group) is 1. The normalized spacial score (nSPS) is 11.9. The summed E-state index contributed by atoms with van der Waals surface area (Å²) >= 11 is 7.34. The van der Waals surface area contributed by atoms with Gasteiger partial charge in [-0.05, 0) is 61.5 Å². The van der Waals surface area contributed by atoms with Crippen molar-refractivity contribution in [1.29, 1.82) is 0 Å². The summed E-state index contributed by atoms with van der Waals surface area (Å²) in [4.78, 5) is 22.0. The van der Waals surface area contributed by atoms with Crippen LogP contribution >= 0.6 is 22.9 Å². The van der Waals surface area contributed by atoms with Gasteiger partial charge in [-0.3, -0.25) is 9.69 Å². The second kappa shape index (κ2) is 11.4. The number of carbonyl (C=O) groups is 1. The Balaban J connectivity index is 1.82. The van der Waals surface area contributed by atoms with Crippen LogP contribution in [0.1, 0.15) is 32.8 Å². The summed E-state index contributed by atoms with van der Waals surface area (Å²) in [6.45, 7) is 9.17. The van der Waals surface area contributed by atoms with Gasteiger partial charge in [0.05, 0.1) is 20.9 Å². The minimum Gasteiger partial charge on any atom is -0.302 e. The van der Waals surface area contributed by atoms with Gasteiger partial charge in [-0.15, -0.1) is 0 Å². The molecule has 0 fully saturated rings. The first kappa shape index (κ1) is 25.6. The summed E-state index contributed by atoms with van der Waals surface area (Å²) in [7, 11) is -3.60. The Kier molecular flexibility index (Phi) is 8.87. The molecule has 1 heterocycles. The van der Waals surface area contributed by atoms with E-state index >= 15 is 0 Å². The van der Waals surface area contributed by atoms with Crippen LogP contribution in [0.2, 0.25) is 5.02 Å². The average molecular weight is 508 g/mol. The Labute approximate surface area is 205 Å². The zero-order valence-electron chi connectivity index (χ0n) is 19.3. The Bertz CT molecular complexity index is 1190. The molecule has 2 aromatic carbocycles. The first-order valence-corrected chi connectivity index (χ1v) is 14.0. The third-order valence-electron chi connectivity index (χ3n) is 5.67. The van der Waals surface area contributed by atoms with Gasteiger partial charge in [0, 0.05) is 24.5 Å². The van der Waals surface area contributed by atoms with E-state index in [-0.39, 0.29) is 23.0 Å². The Morgan fingerprint density at radius 2 is 1.73 bits per heavy atom. The molecule has 0 atom stereocenters. The number of halogens is 1. The van der Waals surface area contributed by atoms with E-state index in [0.29, 0.717) is 23.2 Å². The van der Waals surface area contributed by atoms with E-state index in [1.165, 1.54) is 29.0 Å². The molecule has 0 aliphatic rings. The average Bonchev–Trinajstić information content (AvgIpc) is 3.23. The van der Waals surface area contributed by atoms with Crippen molar-refractivity contribution in [1.82, 2.24) is 9.88 Å². The third kappa shape index (κ3) is 6.53. The Hall–Kier alpha value is -2.00. The van der Waals surface area contributed by atoms with E-state index in [0.717, 1.165) is 29.7 Å². The van der Waals surface area contributed by atoms with Crippen LogP contribution in [0.5, 0.6) is 0 Å². The molecule has 0 aliphatic carbocycles. The number of aromatic nitrogens is 1. The molecule has 1 aromatic heterocycles. The molecular formula is C24H30ClN3O3S2. The number of aryl methyl sites for hydroxylation is 1. The minimum atomic E-state index is -3.60. The van der Waals surface area contributed by atoms with Crippen LogP contribution < -0.4 is 4.90 Å². The van der Waals surface area contributed by atoms with E-state index in [1.54, 1.807) is 17.0 Å². The number of hydrogen-bond donors (Lipinski definition) is 0. The molecule has 0 bridgehead atoms. The van der Waals surface area contributed by atoms with Gasteiger partial charge in [-0.1, -0.05) is 49.8 Å². The fourth-order valence-electron chi connectivity index (χ4n) is 3.52. The maximum atomic E-state index is 13.3. The Morgan fingerprint density at radius 1 is 1.03 bits per heavy atom. The highest BCUT2D eigenvalue weighted by atomic mass is 35.5. The number of anilines is 1. The largest absolute Gasteiger partial charge is 0.302 e. The minimum absolute atomic E-state index is 0.112. The van der Waals surface area contributed by atoms with E-state index in [2.05, 4.69) is 31.7 Å².